The number of rotatable bonds is 6. The zero-order valence-electron chi connectivity index (χ0n) is 13.4. The van der Waals surface area contributed by atoms with Crippen LogP contribution in [0.25, 0.3) is 0 Å². The number of aryl methyl sites for hydroxylation is 2. The minimum atomic E-state index is -0.0933. The second kappa shape index (κ2) is 6.80. The van der Waals surface area contributed by atoms with Gasteiger partial charge in [-0.3, -0.25) is 4.68 Å². The predicted octanol–water partition coefficient (Wildman–Crippen LogP) is 2.89. The molecular formula is C16H25N5. The first-order valence-electron chi connectivity index (χ1n) is 7.65. The third kappa shape index (κ3) is 3.67. The summed E-state index contributed by atoms with van der Waals surface area (Å²) in [6, 6.07) is 4.46. The van der Waals surface area contributed by atoms with Gasteiger partial charge in [0.15, 0.2) is 0 Å². The zero-order valence-corrected chi connectivity index (χ0v) is 13.4. The molecule has 0 saturated heterocycles. The maximum atomic E-state index is 6.33. The van der Waals surface area contributed by atoms with Crippen molar-refractivity contribution < 1.29 is 0 Å². The zero-order chi connectivity index (χ0) is 15.4. The summed E-state index contributed by atoms with van der Waals surface area (Å²) in [4.78, 5) is 0. The Morgan fingerprint density at radius 3 is 2.57 bits per heavy atom. The molecule has 0 aliphatic rings. The maximum Gasteiger partial charge on any atom is 0.0648 e. The van der Waals surface area contributed by atoms with Crippen molar-refractivity contribution >= 4 is 0 Å². The van der Waals surface area contributed by atoms with E-state index in [1.807, 2.05) is 19.9 Å². The first-order chi connectivity index (χ1) is 10.0. The molecule has 0 aliphatic carbocycles. The van der Waals surface area contributed by atoms with Crippen LogP contribution in [0.5, 0.6) is 0 Å². The van der Waals surface area contributed by atoms with Gasteiger partial charge in [-0.2, -0.15) is 15.3 Å². The van der Waals surface area contributed by atoms with Crippen LogP contribution in [0.1, 0.15) is 61.4 Å². The standard InChI is InChI=1S/C16H25N5/c1-5-14(6-2)21-8-7-13(20-21)10-16(17)15-9-11(3)18-19-12(15)4/h7-9,14,16H,5-6,10,17H2,1-4H3. The van der Waals surface area contributed by atoms with Crippen molar-refractivity contribution in [3.8, 4) is 0 Å². The minimum absolute atomic E-state index is 0.0933. The van der Waals surface area contributed by atoms with Gasteiger partial charge in [-0.1, -0.05) is 13.8 Å². The maximum absolute atomic E-state index is 6.33. The van der Waals surface area contributed by atoms with Gasteiger partial charge in [-0.15, -0.1) is 0 Å². The molecule has 1 atom stereocenters. The lowest BCUT2D eigenvalue weighted by Crippen LogP contribution is -2.17. The van der Waals surface area contributed by atoms with E-state index in [1.165, 1.54) is 0 Å². The molecular weight excluding hydrogens is 262 g/mol. The Morgan fingerprint density at radius 1 is 1.19 bits per heavy atom. The molecule has 2 rings (SSSR count). The van der Waals surface area contributed by atoms with Crippen LogP contribution in [-0.4, -0.2) is 20.0 Å². The Labute approximate surface area is 126 Å². The SMILES string of the molecule is CCC(CC)n1ccc(CC(N)c2cc(C)nnc2C)n1. The van der Waals surface area contributed by atoms with Gasteiger partial charge in [0.1, 0.15) is 0 Å². The van der Waals surface area contributed by atoms with Crippen LogP contribution in [0.15, 0.2) is 18.3 Å². The normalized spacial score (nSPS) is 12.9. The van der Waals surface area contributed by atoms with Gasteiger partial charge in [-0.05, 0) is 44.4 Å². The minimum Gasteiger partial charge on any atom is -0.324 e. The van der Waals surface area contributed by atoms with Crippen molar-refractivity contribution in [1.29, 1.82) is 0 Å². The Kier molecular flexibility index (Phi) is 5.07. The van der Waals surface area contributed by atoms with Crippen molar-refractivity contribution in [3.63, 3.8) is 0 Å². The van der Waals surface area contributed by atoms with E-state index >= 15 is 0 Å². The Hall–Kier alpha value is -1.75. The molecule has 0 fully saturated rings. The molecule has 114 valence electrons. The lowest BCUT2D eigenvalue weighted by atomic mass is 10.0. The molecule has 21 heavy (non-hydrogen) atoms. The predicted molar refractivity (Wildman–Crippen MR) is 84.0 cm³/mol. The van der Waals surface area contributed by atoms with Crippen molar-refractivity contribution in [2.75, 3.05) is 0 Å². The summed E-state index contributed by atoms with van der Waals surface area (Å²) >= 11 is 0. The molecule has 0 spiro atoms. The summed E-state index contributed by atoms with van der Waals surface area (Å²) < 4.78 is 2.06. The van der Waals surface area contributed by atoms with Crippen molar-refractivity contribution in [3.05, 3.63) is 41.0 Å². The fraction of sp³-hybridized carbons (Fsp3) is 0.562. The molecule has 0 aromatic carbocycles. The average Bonchev–Trinajstić information content (AvgIpc) is 2.91. The van der Waals surface area contributed by atoms with Crippen LogP contribution in [0.4, 0.5) is 0 Å². The Balaban J connectivity index is 2.12. The van der Waals surface area contributed by atoms with Crippen molar-refractivity contribution in [2.45, 2.75) is 59.0 Å². The first-order valence-corrected chi connectivity index (χ1v) is 7.65. The molecule has 1 unspecified atom stereocenters. The Morgan fingerprint density at radius 2 is 1.90 bits per heavy atom. The summed E-state index contributed by atoms with van der Waals surface area (Å²) in [5, 5.41) is 12.9. The van der Waals surface area contributed by atoms with E-state index in [1.54, 1.807) is 0 Å². The smallest absolute Gasteiger partial charge is 0.0648 e. The van der Waals surface area contributed by atoms with Crippen molar-refractivity contribution in [2.24, 2.45) is 5.73 Å². The van der Waals surface area contributed by atoms with Crippen LogP contribution in [0.2, 0.25) is 0 Å². The van der Waals surface area contributed by atoms with E-state index in [4.69, 9.17) is 5.73 Å². The van der Waals surface area contributed by atoms with E-state index in [0.717, 1.165) is 41.9 Å². The molecule has 5 nitrogen and oxygen atoms in total. The number of hydrogen-bond acceptors (Lipinski definition) is 4. The molecule has 2 aromatic heterocycles. The van der Waals surface area contributed by atoms with Crippen LogP contribution in [0.3, 0.4) is 0 Å². The highest BCUT2D eigenvalue weighted by atomic mass is 15.3. The lowest BCUT2D eigenvalue weighted by Gasteiger charge is -2.14. The van der Waals surface area contributed by atoms with E-state index in [-0.39, 0.29) is 6.04 Å². The van der Waals surface area contributed by atoms with E-state index in [2.05, 4.69) is 46.1 Å². The highest BCUT2D eigenvalue weighted by Gasteiger charge is 2.14. The lowest BCUT2D eigenvalue weighted by molar-refractivity contribution is 0.424. The fourth-order valence-electron chi connectivity index (χ4n) is 2.63. The third-order valence-corrected chi connectivity index (χ3v) is 3.95. The average molecular weight is 287 g/mol. The van der Waals surface area contributed by atoms with Gasteiger partial charge in [0, 0.05) is 18.7 Å². The van der Waals surface area contributed by atoms with Crippen LogP contribution in [0, 0.1) is 13.8 Å². The monoisotopic (exact) mass is 287 g/mol. The molecule has 0 amide bonds. The molecule has 0 bridgehead atoms. The largest absolute Gasteiger partial charge is 0.324 e. The topological polar surface area (TPSA) is 69.6 Å². The summed E-state index contributed by atoms with van der Waals surface area (Å²) in [6.07, 6.45) is 4.97. The van der Waals surface area contributed by atoms with Gasteiger partial charge in [0.2, 0.25) is 0 Å². The third-order valence-electron chi connectivity index (χ3n) is 3.95. The summed E-state index contributed by atoms with van der Waals surface area (Å²) in [6.45, 7) is 8.26. The van der Waals surface area contributed by atoms with Crippen LogP contribution < -0.4 is 5.73 Å². The fourth-order valence-corrected chi connectivity index (χ4v) is 2.63. The Bertz CT molecular complexity index is 586. The van der Waals surface area contributed by atoms with Gasteiger partial charge in [0.25, 0.3) is 0 Å². The summed E-state index contributed by atoms with van der Waals surface area (Å²) in [7, 11) is 0. The first kappa shape index (κ1) is 15.6. The highest BCUT2D eigenvalue weighted by molar-refractivity contribution is 5.24. The number of hydrogen-bond donors (Lipinski definition) is 1. The van der Waals surface area contributed by atoms with Gasteiger partial charge < -0.3 is 5.73 Å². The van der Waals surface area contributed by atoms with E-state index in [0.29, 0.717) is 6.04 Å². The molecule has 5 heteroatoms. The van der Waals surface area contributed by atoms with Crippen molar-refractivity contribution in [1.82, 2.24) is 20.0 Å². The van der Waals surface area contributed by atoms with E-state index in [9.17, 15) is 0 Å². The van der Waals surface area contributed by atoms with Gasteiger partial charge in [0.05, 0.1) is 23.1 Å². The molecule has 0 saturated carbocycles. The second-order valence-corrected chi connectivity index (χ2v) is 5.59. The quantitative estimate of drug-likeness (QED) is 0.887. The van der Waals surface area contributed by atoms with Gasteiger partial charge >= 0.3 is 0 Å². The van der Waals surface area contributed by atoms with Crippen LogP contribution in [-0.2, 0) is 6.42 Å². The number of nitrogens with two attached hydrogens (primary N) is 1. The molecule has 2 N–H and O–H groups in total. The molecule has 2 aromatic rings. The number of nitrogens with zero attached hydrogens (tertiary/aromatic N) is 4. The molecule has 2 heterocycles. The van der Waals surface area contributed by atoms with Gasteiger partial charge in [-0.25, -0.2) is 0 Å². The highest BCUT2D eigenvalue weighted by Crippen LogP contribution is 2.20. The second-order valence-electron chi connectivity index (χ2n) is 5.59. The molecule has 0 aliphatic heterocycles. The summed E-state index contributed by atoms with van der Waals surface area (Å²) in [5.74, 6) is 0. The molecule has 0 radical (unpaired) electrons. The number of aromatic nitrogens is 4. The summed E-state index contributed by atoms with van der Waals surface area (Å²) in [5.41, 5.74) is 10.2. The van der Waals surface area contributed by atoms with Crippen LogP contribution >= 0.6 is 0 Å². The van der Waals surface area contributed by atoms with E-state index < -0.39 is 0 Å².